The molecule has 2 aromatic heterocycles. The zero-order valence-corrected chi connectivity index (χ0v) is 21.4. The fraction of sp³-hybridized carbons (Fsp3) is 0.115. The van der Waals surface area contributed by atoms with Crippen molar-refractivity contribution in [3.8, 4) is 34.1 Å². The molecule has 0 saturated carbocycles. The lowest BCUT2D eigenvalue weighted by atomic mass is 10.0. The third kappa shape index (κ3) is 5.64. The Labute approximate surface area is 226 Å². The van der Waals surface area contributed by atoms with Crippen LogP contribution in [0.4, 0.5) is 26.3 Å². The van der Waals surface area contributed by atoms with E-state index in [0.717, 1.165) is 28.8 Å². The van der Waals surface area contributed by atoms with Gasteiger partial charge in [-0.15, -0.1) is 21.5 Å². The summed E-state index contributed by atoms with van der Waals surface area (Å²) in [5.74, 6) is 1.05. The van der Waals surface area contributed by atoms with E-state index in [9.17, 15) is 26.3 Å². The van der Waals surface area contributed by atoms with Crippen molar-refractivity contribution in [3.05, 3.63) is 89.3 Å². The third-order valence-electron chi connectivity index (χ3n) is 5.54. The van der Waals surface area contributed by atoms with Crippen LogP contribution in [0.15, 0.2) is 87.7 Å². The van der Waals surface area contributed by atoms with Gasteiger partial charge in [0.2, 0.25) is 5.16 Å². The molecule has 3 aromatic carbocycles. The lowest BCUT2D eigenvalue weighted by Crippen LogP contribution is -2.11. The van der Waals surface area contributed by atoms with E-state index in [1.54, 1.807) is 10.6 Å². The molecule has 0 amide bonds. The van der Waals surface area contributed by atoms with Crippen LogP contribution in [-0.2, 0) is 12.4 Å². The monoisotopic (exact) mass is 578 g/mol. The molecule has 0 aliphatic carbocycles. The van der Waals surface area contributed by atoms with Gasteiger partial charge in [-0.1, -0.05) is 30.3 Å². The normalized spacial score (nSPS) is 12.1. The number of aromatic nitrogens is 4. The number of hydrogen-bond donors (Lipinski definition) is 0. The summed E-state index contributed by atoms with van der Waals surface area (Å²) >= 11 is 2.15. The van der Waals surface area contributed by atoms with Crippen molar-refractivity contribution in [2.75, 3.05) is 7.11 Å². The first-order valence-electron chi connectivity index (χ1n) is 11.1. The maximum absolute atomic E-state index is 13.3. The molecule has 0 atom stereocenters. The molecule has 5 aromatic rings. The van der Waals surface area contributed by atoms with Crippen molar-refractivity contribution >= 4 is 23.1 Å². The van der Waals surface area contributed by atoms with Gasteiger partial charge < -0.3 is 4.74 Å². The van der Waals surface area contributed by atoms with E-state index < -0.39 is 23.5 Å². The molecule has 0 aliphatic heterocycles. The third-order valence-corrected chi connectivity index (χ3v) is 7.43. The maximum Gasteiger partial charge on any atom is 0.416 e. The lowest BCUT2D eigenvalue weighted by molar-refractivity contribution is -0.143. The minimum Gasteiger partial charge on any atom is -0.496 e. The first kappa shape index (κ1) is 26.8. The number of alkyl halides is 6. The number of benzene rings is 3. The molecule has 5 rings (SSSR count). The van der Waals surface area contributed by atoms with Gasteiger partial charge in [-0.3, -0.25) is 4.57 Å². The number of rotatable bonds is 6. The van der Waals surface area contributed by atoms with E-state index in [1.807, 2.05) is 48.5 Å². The van der Waals surface area contributed by atoms with Crippen LogP contribution >= 0.6 is 23.1 Å². The molecule has 0 N–H and O–H groups in total. The van der Waals surface area contributed by atoms with Crippen LogP contribution in [0.25, 0.3) is 28.3 Å². The molecule has 0 spiro atoms. The van der Waals surface area contributed by atoms with Crippen LogP contribution in [-0.4, -0.2) is 26.9 Å². The molecule has 5 nitrogen and oxygen atoms in total. The zero-order valence-electron chi connectivity index (χ0n) is 19.8. The van der Waals surface area contributed by atoms with E-state index in [4.69, 9.17) is 4.74 Å². The van der Waals surface area contributed by atoms with E-state index in [-0.39, 0.29) is 17.3 Å². The smallest absolute Gasteiger partial charge is 0.416 e. The van der Waals surface area contributed by atoms with Crippen LogP contribution in [0.2, 0.25) is 0 Å². The summed E-state index contributed by atoms with van der Waals surface area (Å²) in [6, 6.07) is 17.9. The standard InChI is InChI=1S/C26H16F6N4OS2/c1-37-21-10-6-5-9-19(21)22-34-35-23(36(22)18-7-3-2-4-8-18)39-24-33-20(14-38-24)15-11-16(25(27,28)29)13-17(12-15)26(30,31)32/h2-14H,1H3. The average Bonchev–Trinajstić information content (AvgIpc) is 3.55. The first-order chi connectivity index (χ1) is 18.5. The predicted molar refractivity (Wildman–Crippen MR) is 135 cm³/mol. The highest BCUT2D eigenvalue weighted by molar-refractivity contribution is 8.00. The minimum absolute atomic E-state index is 0.0187. The largest absolute Gasteiger partial charge is 0.496 e. The van der Waals surface area contributed by atoms with Crippen LogP contribution in [0, 0.1) is 0 Å². The number of hydrogen-bond acceptors (Lipinski definition) is 6. The van der Waals surface area contributed by atoms with Gasteiger partial charge >= 0.3 is 12.4 Å². The van der Waals surface area contributed by atoms with E-state index in [1.165, 1.54) is 12.5 Å². The zero-order chi connectivity index (χ0) is 27.8. The Morgan fingerprint density at radius 1 is 0.821 bits per heavy atom. The van der Waals surface area contributed by atoms with Crippen LogP contribution in [0.1, 0.15) is 11.1 Å². The van der Waals surface area contributed by atoms with E-state index >= 15 is 0 Å². The number of thiazole rings is 1. The van der Waals surface area contributed by atoms with E-state index in [2.05, 4.69) is 15.2 Å². The quantitative estimate of drug-likeness (QED) is 0.190. The number of ether oxygens (including phenoxy) is 1. The highest BCUT2D eigenvalue weighted by atomic mass is 32.2. The van der Waals surface area contributed by atoms with Gasteiger partial charge in [0.05, 0.1) is 29.5 Å². The van der Waals surface area contributed by atoms with Crippen LogP contribution < -0.4 is 4.74 Å². The number of para-hydroxylation sites is 2. The lowest BCUT2D eigenvalue weighted by Gasteiger charge is -2.13. The second-order valence-corrected chi connectivity index (χ2v) is 10.1. The molecule has 0 fully saturated rings. The summed E-state index contributed by atoms with van der Waals surface area (Å²) in [5.41, 5.74) is -1.71. The molecular weight excluding hydrogens is 562 g/mol. The molecule has 0 unspecified atom stereocenters. The van der Waals surface area contributed by atoms with Gasteiger partial charge in [0.15, 0.2) is 10.2 Å². The Kier molecular flexibility index (Phi) is 7.12. The van der Waals surface area contributed by atoms with Gasteiger partial charge in [0.1, 0.15) is 5.75 Å². The predicted octanol–water partition coefficient (Wildman–Crippen LogP) is 8.26. The topological polar surface area (TPSA) is 52.8 Å². The number of methoxy groups -OCH3 is 1. The maximum atomic E-state index is 13.3. The molecule has 39 heavy (non-hydrogen) atoms. The molecule has 2 heterocycles. The molecule has 0 aliphatic rings. The van der Waals surface area contributed by atoms with Gasteiger partial charge in [0.25, 0.3) is 0 Å². The van der Waals surface area contributed by atoms with Crippen LogP contribution in [0.5, 0.6) is 5.75 Å². The summed E-state index contributed by atoms with van der Waals surface area (Å²) in [6.07, 6.45) is -9.91. The number of halogens is 6. The second-order valence-electron chi connectivity index (χ2n) is 8.07. The molecule has 200 valence electrons. The molecule has 0 saturated heterocycles. The first-order valence-corrected chi connectivity index (χ1v) is 12.8. The Bertz CT molecular complexity index is 1580. The summed E-state index contributed by atoms with van der Waals surface area (Å²) < 4.78 is 87.6. The summed E-state index contributed by atoms with van der Waals surface area (Å²) in [7, 11) is 1.53. The van der Waals surface area contributed by atoms with E-state index in [0.29, 0.717) is 38.8 Å². The molecular formula is C26H16F6N4OS2. The van der Waals surface area contributed by atoms with Gasteiger partial charge in [0, 0.05) is 16.6 Å². The van der Waals surface area contributed by atoms with Crippen LogP contribution in [0.3, 0.4) is 0 Å². The molecule has 0 bridgehead atoms. The van der Waals surface area contributed by atoms with Crippen molar-refractivity contribution < 1.29 is 31.1 Å². The Morgan fingerprint density at radius 2 is 1.46 bits per heavy atom. The Morgan fingerprint density at radius 3 is 2.10 bits per heavy atom. The van der Waals surface area contributed by atoms with Crippen molar-refractivity contribution in [3.63, 3.8) is 0 Å². The SMILES string of the molecule is COc1ccccc1-c1nnc(Sc2nc(-c3cc(C(F)(F)F)cc(C(F)(F)F)c3)cs2)n1-c1ccccc1. The van der Waals surface area contributed by atoms with Gasteiger partial charge in [-0.25, -0.2) is 4.98 Å². The van der Waals surface area contributed by atoms with Crippen molar-refractivity contribution in [1.29, 1.82) is 0 Å². The minimum atomic E-state index is -4.95. The van der Waals surface area contributed by atoms with Crippen molar-refractivity contribution in [1.82, 2.24) is 19.7 Å². The fourth-order valence-electron chi connectivity index (χ4n) is 3.77. The van der Waals surface area contributed by atoms with Crippen molar-refractivity contribution in [2.45, 2.75) is 21.8 Å². The average molecular weight is 579 g/mol. The van der Waals surface area contributed by atoms with Gasteiger partial charge in [-0.05, 0) is 54.2 Å². The Hall–Kier alpha value is -3.84. The summed E-state index contributed by atoms with van der Waals surface area (Å²) in [5, 5.41) is 10.4. The highest BCUT2D eigenvalue weighted by Gasteiger charge is 2.37. The van der Waals surface area contributed by atoms with Crippen molar-refractivity contribution in [2.24, 2.45) is 0 Å². The summed E-state index contributed by atoms with van der Waals surface area (Å²) in [4.78, 5) is 4.31. The molecule has 13 heteroatoms. The fourth-order valence-corrected chi connectivity index (χ4v) is 5.55. The number of nitrogens with zero attached hydrogens (tertiary/aromatic N) is 4. The second kappa shape index (κ2) is 10.4. The highest BCUT2D eigenvalue weighted by Crippen LogP contribution is 2.41. The molecule has 0 radical (unpaired) electrons. The van der Waals surface area contributed by atoms with Gasteiger partial charge in [-0.2, -0.15) is 26.3 Å². The summed E-state index contributed by atoms with van der Waals surface area (Å²) in [6.45, 7) is 0. The Balaban J connectivity index is 1.55.